The van der Waals surface area contributed by atoms with E-state index >= 15 is 0 Å². The van der Waals surface area contributed by atoms with Crippen LogP contribution in [-0.2, 0) is 0 Å². The number of methoxy groups -OCH3 is 1. The van der Waals surface area contributed by atoms with Crippen LogP contribution >= 0.6 is 0 Å². The Hall–Kier alpha value is -2.01. The number of carbonyl (C=O) groups is 1. The summed E-state index contributed by atoms with van der Waals surface area (Å²) in [6.07, 6.45) is 4.05. The van der Waals surface area contributed by atoms with E-state index in [-0.39, 0.29) is 17.2 Å². The number of hydrogen-bond donors (Lipinski definition) is 3. The fraction of sp³-hybridized carbons (Fsp3) is 0.400. The highest BCUT2D eigenvalue weighted by Gasteiger charge is 2.12. The second-order valence-corrected chi connectivity index (χ2v) is 4.71. The molecule has 20 heavy (non-hydrogen) atoms. The van der Waals surface area contributed by atoms with Crippen LogP contribution in [0.15, 0.2) is 29.8 Å². The maximum absolute atomic E-state index is 12.0. The fourth-order valence-electron chi connectivity index (χ4n) is 2.16. The number of phenols is 1. The molecule has 1 aliphatic rings. The number of benzene rings is 1. The van der Waals surface area contributed by atoms with Crippen LogP contribution in [0, 0.1) is 0 Å². The maximum Gasteiger partial charge on any atom is 0.255 e. The molecule has 0 aromatic heterocycles. The van der Waals surface area contributed by atoms with Gasteiger partial charge in [-0.2, -0.15) is 0 Å². The third-order valence-electron chi connectivity index (χ3n) is 3.34. The molecule has 1 aromatic carbocycles. The maximum atomic E-state index is 12.0. The lowest BCUT2D eigenvalue weighted by molar-refractivity contribution is 0.0951. The molecule has 0 fully saturated rings. The van der Waals surface area contributed by atoms with Crippen LogP contribution < -0.4 is 15.4 Å². The Kier molecular flexibility index (Phi) is 5.01. The predicted molar refractivity (Wildman–Crippen MR) is 77.2 cm³/mol. The molecule has 108 valence electrons. The van der Waals surface area contributed by atoms with Gasteiger partial charge in [0.15, 0.2) is 0 Å². The van der Waals surface area contributed by atoms with Crippen molar-refractivity contribution in [2.75, 3.05) is 26.7 Å². The third kappa shape index (κ3) is 3.74. The Balaban J connectivity index is 1.87. The minimum absolute atomic E-state index is 0.0667. The lowest BCUT2D eigenvalue weighted by Crippen LogP contribution is -2.26. The largest absolute Gasteiger partial charge is 0.507 e. The van der Waals surface area contributed by atoms with Crippen molar-refractivity contribution in [3.8, 4) is 11.5 Å². The molecule has 1 aromatic rings. The van der Waals surface area contributed by atoms with Gasteiger partial charge >= 0.3 is 0 Å². The van der Waals surface area contributed by atoms with Gasteiger partial charge in [0.1, 0.15) is 11.5 Å². The zero-order chi connectivity index (χ0) is 14.4. The molecule has 0 saturated carbocycles. The molecule has 3 N–H and O–H groups in total. The van der Waals surface area contributed by atoms with E-state index in [0.29, 0.717) is 12.3 Å². The summed E-state index contributed by atoms with van der Waals surface area (Å²) in [6, 6.07) is 4.65. The third-order valence-corrected chi connectivity index (χ3v) is 3.34. The first-order valence-corrected chi connectivity index (χ1v) is 6.74. The summed E-state index contributed by atoms with van der Waals surface area (Å²) in [5, 5.41) is 15.9. The van der Waals surface area contributed by atoms with Crippen molar-refractivity contribution in [3.63, 3.8) is 0 Å². The van der Waals surface area contributed by atoms with E-state index in [1.807, 2.05) is 0 Å². The molecule has 0 aliphatic carbocycles. The van der Waals surface area contributed by atoms with E-state index < -0.39 is 0 Å². The van der Waals surface area contributed by atoms with Gasteiger partial charge in [0, 0.05) is 19.2 Å². The van der Waals surface area contributed by atoms with Crippen molar-refractivity contribution in [2.24, 2.45) is 0 Å². The molecule has 1 heterocycles. The summed E-state index contributed by atoms with van der Waals surface area (Å²) in [7, 11) is 1.52. The Morgan fingerprint density at radius 3 is 3.00 bits per heavy atom. The summed E-state index contributed by atoms with van der Waals surface area (Å²) in [4.78, 5) is 12.0. The molecule has 0 spiro atoms. The second-order valence-electron chi connectivity index (χ2n) is 4.71. The smallest absolute Gasteiger partial charge is 0.255 e. The minimum atomic E-state index is -0.264. The highest BCUT2D eigenvalue weighted by Crippen LogP contribution is 2.23. The van der Waals surface area contributed by atoms with Crippen LogP contribution in [0.1, 0.15) is 23.2 Å². The minimum Gasteiger partial charge on any atom is -0.507 e. The molecule has 5 heteroatoms. The number of nitrogens with one attached hydrogen (secondary N) is 2. The molecule has 1 amide bonds. The lowest BCUT2D eigenvalue weighted by atomic mass is 10.1. The van der Waals surface area contributed by atoms with Gasteiger partial charge in [-0.3, -0.25) is 4.79 Å². The Labute approximate surface area is 118 Å². The van der Waals surface area contributed by atoms with Crippen molar-refractivity contribution in [1.82, 2.24) is 10.6 Å². The van der Waals surface area contributed by atoms with Gasteiger partial charge in [-0.15, -0.1) is 0 Å². The zero-order valence-corrected chi connectivity index (χ0v) is 11.6. The van der Waals surface area contributed by atoms with E-state index in [9.17, 15) is 9.90 Å². The second kappa shape index (κ2) is 6.96. The summed E-state index contributed by atoms with van der Waals surface area (Å²) in [5.41, 5.74) is 1.63. The molecule has 5 nitrogen and oxygen atoms in total. The number of ether oxygens (including phenoxy) is 1. The van der Waals surface area contributed by atoms with Gasteiger partial charge in [0.2, 0.25) is 0 Å². The van der Waals surface area contributed by atoms with Gasteiger partial charge < -0.3 is 20.5 Å². The van der Waals surface area contributed by atoms with Crippen LogP contribution in [-0.4, -0.2) is 37.8 Å². The molecule has 0 radical (unpaired) electrons. The number of hydrogen-bond acceptors (Lipinski definition) is 4. The molecule has 1 aliphatic heterocycles. The van der Waals surface area contributed by atoms with Gasteiger partial charge in [-0.25, -0.2) is 0 Å². The first kappa shape index (κ1) is 14.4. The van der Waals surface area contributed by atoms with E-state index in [1.165, 1.54) is 18.7 Å². The molecule has 0 unspecified atom stereocenters. The highest BCUT2D eigenvalue weighted by molar-refractivity contribution is 5.96. The number of rotatable bonds is 5. The summed E-state index contributed by atoms with van der Waals surface area (Å²) in [6.45, 7) is 2.48. The van der Waals surface area contributed by atoms with E-state index in [0.717, 1.165) is 25.9 Å². The standard InChI is InChI=1S/C15H20N2O3/c1-20-12-2-3-13(14(18)10-12)15(19)17-9-6-11-4-7-16-8-5-11/h2-4,10,16,18H,5-9H2,1H3,(H,17,19). The summed E-state index contributed by atoms with van der Waals surface area (Å²) in [5.74, 6) is 0.196. The average molecular weight is 276 g/mol. The predicted octanol–water partition coefficient (Wildman–Crippen LogP) is 1.44. The molecular formula is C15H20N2O3. The van der Waals surface area contributed by atoms with E-state index in [1.54, 1.807) is 12.1 Å². The van der Waals surface area contributed by atoms with Crippen molar-refractivity contribution in [3.05, 3.63) is 35.4 Å². The van der Waals surface area contributed by atoms with Crippen molar-refractivity contribution in [1.29, 1.82) is 0 Å². The average Bonchev–Trinajstić information content (AvgIpc) is 2.48. The molecule has 2 rings (SSSR count). The van der Waals surface area contributed by atoms with Crippen molar-refractivity contribution in [2.45, 2.75) is 12.8 Å². The van der Waals surface area contributed by atoms with Crippen molar-refractivity contribution >= 4 is 5.91 Å². The number of carbonyl (C=O) groups excluding carboxylic acids is 1. The van der Waals surface area contributed by atoms with E-state index in [2.05, 4.69) is 16.7 Å². The molecule has 0 bridgehead atoms. The first-order valence-electron chi connectivity index (χ1n) is 6.74. The quantitative estimate of drug-likeness (QED) is 0.712. The van der Waals surface area contributed by atoms with Gasteiger partial charge in [-0.05, 0) is 31.5 Å². The fourth-order valence-corrected chi connectivity index (χ4v) is 2.16. The monoisotopic (exact) mass is 276 g/mol. The Morgan fingerprint density at radius 2 is 2.35 bits per heavy atom. The van der Waals surface area contributed by atoms with Crippen molar-refractivity contribution < 1.29 is 14.6 Å². The van der Waals surface area contributed by atoms with E-state index in [4.69, 9.17) is 4.74 Å². The number of phenolic OH excluding ortho intramolecular Hbond substituents is 1. The Bertz CT molecular complexity index is 512. The van der Waals surface area contributed by atoms with Gasteiger partial charge in [0.05, 0.1) is 12.7 Å². The SMILES string of the molecule is COc1ccc(C(=O)NCCC2=CCNCC2)c(O)c1. The molecule has 0 atom stereocenters. The van der Waals surface area contributed by atoms with Crippen LogP contribution in [0.3, 0.4) is 0 Å². The zero-order valence-electron chi connectivity index (χ0n) is 11.6. The number of aromatic hydroxyl groups is 1. The topological polar surface area (TPSA) is 70.6 Å². The summed E-state index contributed by atoms with van der Waals surface area (Å²) >= 11 is 0. The van der Waals surface area contributed by atoms with Crippen LogP contribution in [0.25, 0.3) is 0 Å². The first-order chi connectivity index (χ1) is 9.70. The van der Waals surface area contributed by atoms with Crippen LogP contribution in [0.5, 0.6) is 11.5 Å². The van der Waals surface area contributed by atoms with Crippen LogP contribution in [0.4, 0.5) is 0 Å². The lowest BCUT2D eigenvalue weighted by Gasteiger charge is -2.14. The Morgan fingerprint density at radius 1 is 1.50 bits per heavy atom. The van der Waals surface area contributed by atoms with Gasteiger partial charge in [0.25, 0.3) is 5.91 Å². The normalized spacial score (nSPS) is 14.6. The van der Waals surface area contributed by atoms with Crippen LogP contribution in [0.2, 0.25) is 0 Å². The molecule has 0 saturated heterocycles. The summed E-state index contributed by atoms with van der Waals surface area (Å²) < 4.78 is 4.99. The highest BCUT2D eigenvalue weighted by atomic mass is 16.5. The number of amides is 1. The van der Waals surface area contributed by atoms with Gasteiger partial charge in [-0.1, -0.05) is 11.6 Å². The molecular weight excluding hydrogens is 256 g/mol.